The molecular weight excluding hydrogens is 406 g/mol. The van der Waals surface area contributed by atoms with Crippen molar-refractivity contribution in [2.75, 3.05) is 13.1 Å². The Morgan fingerprint density at radius 2 is 2.12 bits per heavy atom. The number of rotatable bonds is 5. The van der Waals surface area contributed by atoms with Gasteiger partial charge in [0.25, 0.3) is 0 Å². The van der Waals surface area contributed by atoms with Crippen LogP contribution in [0.2, 0.25) is 0 Å². The number of carbonyl (C=O) groups excluding carboxylic acids is 1. The minimum absolute atomic E-state index is 0.0854. The first-order valence-corrected chi connectivity index (χ1v) is 10.8. The number of nitrogens with one attached hydrogen (secondary N) is 1. The fourth-order valence-corrected chi connectivity index (χ4v) is 5.26. The van der Waals surface area contributed by atoms with Gasteiger partial charge in [-0.2, -0.15) is 0 Å². The Kier molecular flexibility index (Phi) is 6.07. The highest BCUT2D eigenvalue weighted by molar-refractivity contribution is 9.10. The zero-order chi connectivity index (χ0) is 17.1. The van der Waals surface area contributed by atoms with E-state index < -0.39 is 0 Å². The molecule has 0 aliphatic carbocycles. The van der Waals surface area contributed by atoms with Crippen LogP contribution in [0.25, 0.3) is 9.88 Å². The van der Waals surface area contributed by atoms with Crippen molar-refractivity contribution in [3.05, 3.63) is 27.0 Å². The van der Waals surface area contributed by atoms with Crippen LogP contribution in [0.15, 0.2) is 21.3 Å². The highest BCUT2D eigenvalue weighted by Crippen LogP contribution is 2.32. The molecule has 24 heavy (non-hydrogen) atoms. The van der Waals surface area contributed by atoms with E-state index in [-0.39, 0.29) is 5.91 Å². The van der Waals surface area contributed by atoms with Crippen LogP contribution in [0.1, 0.15) is 32.4 Å². The summed E-state index contributed by atoms with van der Waals surface area (Å²) in [6, 6.07) is 2.96. The van der Waals surface area contributed by atoms with Crippen LogP contribution in [0, 0.1) is 0 Å². The number of likely N-dealkylation sites (tertiary alicyclic amines) is 1. The molecule has 2 aromatic rings. The van der Waals surface area contributed by atoms with E-state index in [1.807, 2.05) is 10.8 Å². The van der Waals surface area contributed by atoms with Gasteiger partial charge in [-0.25, -0.2) is 4.98 Å². The third-order valence-electron chi connectivity index (χ3n) is 4.30. The second kappa shape index (κ2) is 8.08. The lowest BCUT2D eigenvalue weighted by Crippen LogP contribution is -2.46. The molecule has 1 aliphatic rings. The Morgan fingerprint density at radius 1 is 1.38 bits per heavy atom. The number of thiazole rings is 1. The van der Waals surface area contributed by atoms with Crippen molar-refractivity contribution < 1.29 is 4.79 Å². The molecule has 1 aliphatic heterocycles. The Bertz CT molecular complexity index is 690. The summed E-state index contributed by atoms with van der Waals surface area (Å²) in [6.07, 6.45) is 2.44. The lowest BCUT2D eigenvalue weighted by atomic mass is 10.0. The first kappa shape index (κ1) is 18.0. The predicted octanol–water partition coefficient (Wildman–Crippen LogP) is 4.17. The van der Waals surface area contributed by atoms with E-state index in [0.29, 0.717) is 18.5 Å². The number of nitrogens with zero attached hydrogens (tertiary/aromatic N) is 2. The minimum atomic E-state index is 0.0854. The average Bonchev–Trinajstić information content (AvgIpc) is 3.16. The molecule has 1 fully saturated rings. The fraction of sp³-hybridized carbons (Fsp3) is 0.529. The van der Waals surface area contributed by atoms with Gasteiger partial charge in [0.15, 0.2) is 0 Å². The van der Waals surface area contributed by atoms with Gasteiger partial charge in [0.05, 0.1) is 17.0 Å². The summed E-state index contributed by atoms with van der Waals surface area (Å²) in [5.74, 6) is 0.0854. The molecule has 0 radical (unpaired) electrons. The Balaban J connectivity index is 1.50. The average molecular weight is 428 g/mol. The maximum Gasteiger partial charge on any atom is 0.226 e. The van der Waals surface area contributed by atoms with Crippen molar-refractivity contribution in [2.45, 2.75) is 45.2 Å². The summed E-state index contributed by atoms with van der Waals surface area (Å²) < 4.78 is 1.07. The number of hydrogen-bond donors (Lipinski definition) is 1. The van der Waals surface area contributed by atoms with Gasteiger partial charge in [-0.3, -0.25) is 4.79 Å². The van der Waals surface area contributed by atoms with E-state index in [9.17, 15) is 4.79 Å². The Labute approximate surface area is 159 Å². The molecule has 0 atom stereocenters. The molecule has 0 aromatic carbocycles. The number of thiophene rings is 1. The van der Waals surface area contributed by atoms with Crippen LogP contribution >= 0.6 is 38.6 Å². The second-order valence-corrected chi connectivity index (χ2v) is 9.11. The molecule has 0 unspecified atom stereocenters. The smallest absolute Gasteiger partial charge is 0.226 e. The predicted molar refractivity (Wildman–Crippen MR) is 105 cm³/mol. The molecule has 7 heteroatoms. The molecule has 130 valence electrons. The highest BCUT2D eigenvalue weighted by Gasteiger charge is 2.22. The van der Waals surface area contributed by atoms with E-state index in [4.69, 9.17) is 0 Å². The van der Waals surface area contributed by atoms with Gasteiger partial charge in [0.2, 0.25) is 5.91 Å². The van der Waals surface area contributed by atoms with E-state index in [0.717, 1.165) is 46.0 Å². The summed E-state index contributed by atoms with van der Waals surface area (Å²) in [5, 5.41) is 8.20. The topological polar surface area (TPSA) is 45.2 Å². The molecule has 0 spiro atoms. The molecule has 3 rings (SSSR count). The maximum atomic E-state index is 12.3. The van der Waals surface area contributed by atoms with Gasteiger partial charge in [0.1, 0.15) is 5.01 Å². The summed E-state index contributed by atoms with van der Waals surface area (Å²) in [5.41, 5.74) is 0.858. The normalized spacial score (nSPS) is 16.7. The summed E-state index contributed by atoms with van der Waals surface area (Å²) in [6.45, 7) is 6.59. The molecule has 0 saturated carbocycles. The largest absolute Gasteiger partial charge is 0.353 e. The first-order valence-electron chi connectivity index (χ1n) is 8.23. The third-order valence-corrected chi connectivity index (χ3v) is 7.05. The summed E-state index contributed by atoms with van der Waals surface area (Å²) in [4.78, 5) is 20.5. The zero-order valence-corrected chi connectivity index (χ0v) is 17.1. The summed E-state index contributed by atoms with van der Waals surface area (Å²) in [7, 11) is 0. The van der Waals surface area contributed by atoms with Gasteiger partial charge in [-0.05, 0) is 48.7 Å². The maximum absolute atomic E-state index is 12.3. The van der Waals surface area contributed by atoms with Gasteiger partial charge >= 0.3 is 0 Å². The molecule has 1 amide bonds. The quantitative estimate of drug-likeness (QED) is 0.778. The SMILES string of the molecule is CC(C)N1CCC(NC(=O)Cc2csc(-c3cc(Br)cs3)n2)CC1. The van der Waals surface area contributed by atoms with Crippen LogP contribution in [0.4, 0.5) is 0 Å². The number of piperidine rings is 1. The first-order chi connectivity index (χ1) is 11.5. The van der Waals surface area contributed by atoms with Crippen LogP contribution in [0.5, 0.6) is 0 Å². The zero-order valence-electron chi connectivity index (χ0n) is 13.9. The Morgan fingerprint density at radius 3 is 2.75 bits per heavy atom. The molecular formula is C17H22BrN3OS2. The molecule has 3 heterocycles. The summed E-state index contributed by atoms with van der Waals surface area (Å²) >= 11 is 6.73. The van der Waals surface area contributed by atoms with E-state index in [1.165, 1.54) is 0 Å². The number of amides is 1. The lowest BCUT2D eigenvalue weighted by molar-refractivity contribution is -0.121. The van der Waals surface area contributed by atoms with E-state index in [1.54, 1.807) is 22.7 Å². The number of hydrogen-bond acceptors (Lipinski definition) is 5. The fourth-order valence-electron chi connectivity index (χ4n) is 2.93. The van der Waals surface area contributed by atoms with Gasteiger partial charge in [0, 0.05) is 40.4 Å². The molecule has 1 saturated heterocycles. The standard InChI is InChI=1S/C17H22BrN3OS2/c1-11(2)21-5-3-13(4-6-21)19-16(22)8-14-10-24-17(20-14)15-7-12(18)9-23-15/h7,9-11,13H,3-6,8H2,1-2H3,(H,19,22). The van der Waals surface area contributed by atoms with Crippen molar-refractivity contribution in [3.63, 3.8) is 0 Å². The van der Waals surface area contributed by atoms with Gasteiger partial charge < -0.3 is 10.2 Å². The molecule has 0 bridgehead atoms. The van der Waals surface area contributed by atoms with Gasteiger partial charge in [-0.15, -0.1) is 22.7 Å². The molecule has 1 N–H and O–H groups in total. The van der Waals surface area contributed by atoms with Gasteiger partial charge in [-0.1, -0.05) is 0 Å². The van der Waals surface area contributed by atoms with Crippen LogP contribution in [-0.4, -0.2) is 41.0 Å². The van der Waals surface area contributed by atoms with E-state index in [2.05, 4.69) is 51.0 Å². The number of halogens is 1. The van der Waals surface area contributed by atoms with Crippen LogP contribution < -0.4 is 5.32 Å². The molecule has 4 nitrogen and oxygen atoms in total. The van der Waals surface area contributed by atoms with Crippen LogP contribution in [0.3, 0.4) is 0 Å². The highest BCUT2D eigenvalue weighted by atomic mass is 79.9. The third kappa shape index (κ3) is 4.65. The van der Waals surface area contributed by atoms with Crippen molar-refractivity contribution >= 4 is 44.5 Å². The van der Waals surface area contributed by atoms with Crippen molar-refractivity contribution in [1.29, 1.82) is 0 Å². The second-order valence-electron chi connectivity index (χ2n) is 6.42. The van der Waals surface area contributed by atoms with Crippen molar-refractivity contribution in [1.82, 2.24) is 15.2 Å². The Hall–Kier alpha value is -0.760. The molecule has 2 aromatic heterocycles. The van der Waals surface area contributed by atoms with E-state index >= 15 is 0 Å². The van der Waals surface area contributed by atoms with Crippen molar-refractivity contribution in [3.8, 4) is 9.88 Å². The number of carbonyl (C=O) groups is 1. The van der Waals surface area contributed by atoms with Crippen LogP contribution in [-0.2, 0) is 11.2 Å². The van der Waals surface area contributed by atoms with Crippen molar-refractivity contribution in [2.24, 2.45) is 0 Å². The monoisotopic (exact) mass is 427 g/mol. The lowest BCUT2D eigenvalue weighted by Gasteiger charge is -2.34. The number of aromatic nitrogens is 1. The minimum Gasteiger partial charge on any atom is -0.353 e.